The SMILES string of the molecule is CCCC(=O)N1CCN(CCC)C(=O)[C@H]1Cc1ccccc1-c1cccnc1. The van der Waals surface area contributed by atoms with Crippen molar-refractivity contribution in [3.8, 4) is 11.1 Å². The first-order valence-corrected chi connectivity index (χ1v) is 10.2. The number of nitrogens with zero attached hydrogens (tertiary/aromatic N) is 3. The first-order chi connectivity index (χ1) is 13.7. The van der Waals surface area contributed by atoms with Crippen molar-refractivity contribution in [1.82, 2.24) is 14.8 Å². The van der Waals surface area contributed by atoms with Gasteiger partial charge in [-0.3, -0.25) is 14.6 Å². The highest BCUT2D eigenvalue weighted by Crippen LogP contribution is 2.26. The molecule has 0 saturated carbocycles. The zero-order valence-corrected chi connectivity index (χ0v) is 16.8. The van der Waals surface area contributed by atoms with Gasteiger partial charge in [-0.1, -0.05) is 44.2 Å². The highest BCUT2D eigenvalue weighted by molar-refractivity contribution is 5.89. The van der Waals surface area contributed by atoms with E-state index in [2.05, 4.69) is 24.0 Å². The number of carbonyl (C=O) groups excluding carboxylic acids is 2. The molecule has 1 aliphatic rings. The normalized spacial score (nSPS) is 17.1. The summed E-state index contributed by atoms with van der Waals surface area (Å²) in [7, 11) is 0. The maximum absolute atomic E-state index is 13.2. The van der Waals surface area contributed by atoms with Crippen molar-refractivity contribution in [2.45, 2.75) is 45.6 Å². The van der Waals surface area contributed by atoms with E-state index in [1.54, 1.807) is 11.1 Å². The molecule has 1 fully saturated rings. The van der Waals surface area contributed by atoms with Crippen molar-refractivity contribution in [2.24, 2.45) is 0 Å². The molecule has 0 unspecified atom stereocenters. The molecule has 5 nitrogen and oxygen atoms in total. The number of rotatable bonds is 7. The van der Waals surface area contributed by atoms with Crippen molar-refractivity contribution < 1.29 is 9.59 Å². The number of hydrogen-bond acceptors (Lipinski definition) is 3. The molecule has 1 atom stereocenters. The predicted molar refractivity (Wildman–Crippen MR) is 111 cm³/mol. The third-order valence-electron chi connectivity index (χ3n) is 5.26. The van der Waals surface area contributed by atoms with Gasteiger partial charge in [0.05, 0.1) is 0 Å². The lowest BCUT2D eigenvalue weighted by atomic mass is 9.93. The van der Waals surface area contributed by atoms with Crippen molar-refractivity contribution >= 4 is 11.8 Å². The fraction of sp³-hybridized carbons (Fsp3) is 0.435. The van der Waals surface area contributed by atoms with Gasteiger partial charge in [0.2, 0.25) is 11.8 Å². The van der Waals surface area contributed by atoms with Crippen LogP contribution < -0.4 is 0 Å². The van der Waals surface area contributed by atoms with Gasteiger partial charge in [-0.05, 0) is 30.0 Å². The van der Waals surface area contributed by atoms with E-state index in [9.17, 15) is 9.59 Å². The van der Waals surface area contributed by atoms with E-state index in [0.717, 1.165) is 36.1 Å². The molecule has 0 radical (unpaired) electrons. The van der Waals surface area contributed by atoms with E-state index in [-0.39, 0.29) is 11.8 Å². The summed E-state index contributed by atoms with van der Waals surface area (Å²) >= 11 is 0. The monoisotopic (exact) mass is 379 g/mol. The van der Waals surface area contributed by atoms with Crippen LogP contribution >= 0.6 is 0 Å². The molecule has 0 aliphatic carbocycles. The first kappa shape index (κ1) is 20.1. The Kier molecular flexibility index (Phi) is 6.80. The maximum Gasteiger partial charge on any atom is 0.245 e. The fourth-order valence-electron chi connectivity index (χ4n) is 3.89. The molecule has 0 bridgehead atoms. The maximum atomic E-state index is 13.2. The van der Waals surface area contributed by atoms with Gasteiger partial charge in [-0.2, -0.15) is 0 Å². The van der Waals surface area contributed by atoms with Crippen LogP contribution in [0.5, 0.6) is 0 Å². The Morgan fingerprint density at radius 2 is 1.93 bits per heavy atom. The molecule has 3 rings (SSSR count). The van der Waals surface area contributed by atoms with E-state index >= 15 is 0 Å². The van der Waals surface area contributed by atoms with Crippen LogP contribution in [0, 0.1) is 0 Å². The fourth-order valence-corrected chi connectivity index (χ4v) is 3.89. The number of carbonyl (C=O) groups is 2. The van der Waals surface area contributed by atoms with Gasteiger partial charge in [0.15, 0.2) is 0 Å². The number of benzene rings is 1. The molecule has 148 valence electrons. The number of aromatic nitrogens is 1. The topological polar surface area (TPSA) is 53.5 Å². The highest BCUT2D eigenvalue weighted by atomic mass is 16.2. The van der Waals surface area contributed by atoms with Gasteiger partial charge >= 0.3 is 0 Å². The molecule has 1 aliphatic heterocycles. The largest absolute Gasteiger partial charge is 0.339 e. The van der Waals surface area contributed by atoms with E-state index in [0.29, 0.717) is 25.9 Å². The molecule has 28 heavy (non-hydrogen) atoms. The van der Waals surface area contributed by atoms with Crippen LogP contribution in [0.15, 0.2) is 48.8 Å². The summed E-state index contributed by atoms with van der Waals surface area (Å²) in [6, 6.07) is 11.6. The van der Waals surface area contributed by atoms with Crippen LogP contribution in [0.2, 0.25) is 0 Å². The van der Waals surface area contributed by atoms with E-state index in [1.165, 1.54) is 0 Å². The van der Waals surface area contributed by atoms with Crippen LogP contribution in [-0.2, 0) is 16.0 Å². The average molecular weight is 380 g/mol. The Labute approximate surface area is 167 Å². The van der Waals surface area contributed by atoms with Crippen LogP contribution in [0.4, 0.5) is 0 Å². The van der Waals surface area contributed by atoms with Gasteiger partial charge in [0, 0.05) is 50.4 Å². The van der Waals surface area contributed by atoms with Crippen molar-refractivity contribution in [3.63, 3.8) is 0 Å². The molecule has 1 saturated heterocycles. The van der Waals surface area contributed by atoms with Gasteiger partial charge in [0.1, 0.15) is 6.04 Å². The van der Waals surface area contributed by atoms with Crippen molar-refractivity contribution in [1.29, 1.82) is 0 Å². The summed E-state index contributed by atoms with van der Waals surface area (Å²) in [4.78, 5) is 33.9. The molecule has 1 aromatic carbocycles. The van der Waals surface area contributed by atoms with Crippen LogP contribution in [0.25, 0.3) is 11.1 Å². The average Bonchev–Trinajstić information content (AvgIpc) is 2.72. The molecular weight excluding hydrogens is 350 g/mol. The standard InChI is InChI=1S/C23H29N3O2/c1-3-8-22(27)26-15-14-25(13-4-2)23(28)21(26)16-18-9-5-6-11-20(18)19-10-7-12-24-17-19/h5-7,9-12,17,21H,3-4,8,13-16H2,1-2H3/t21-/m1/s1. The highest BCUT2D eigenvalue weighted by Gasteiger charge is 2.37. The Morgan fingerprint density at radius 1 is 1.11 bits per heavy atom. The second-order valence-corrected chi connectivity index (χ2v) is 7.28. The summed E-state index contributed by atoms with van der Waals surface area (Å²) in [6.45, 7) is 6.07. The Bertz CT molecular complexity index is 807. The van der Waals surface area contributed by atoms with E-state index < -0.39 is 6.04 Å². The predicted octanol–water partition coefficient (Wildman–Crippen LogP) is 3.54. The number of hydrogen-bond donors (Lipinski definition) is 0. The summed E-state index contributed by atoms with van der Waals surface area (Å²) < 4.78 is 0. The molecule has 1 aromatic heterocycles. The molecule has 0 spiro atoms. The lowest BCUT2D eigenvalue weighted by molar-refractivity contribution is -0.151. The van der Waals surface area contributed by atoms with Crippen LogP contribution in [0.1, 0.15) is 38.7 Å². The van der Waals surface area contributed by atoms with Crippen LogP contribution in [0.3, 0.4) is 0 Å². The molecule has 2 aromatic rings. The lowest BCUT2D eigenvalue weighted by Crippen LogP contribution is -2.59. The quantitative estimate of drug-likeness (QED) is 0.739. The zero-order chi connectivity index (χ0) is 19.9. The minimum atomic E-state index is -0.433. The number of piperazine rings is 1. The third kappa shape index (κ3) is 4.41. The molecule has 2 amide bonds. The second kappa shape index (κ2) is 9.49. The molecule has 2 heterocycles. The smallest absolute Gasteiger partial charge is 0.245 e. The summed E-state index contributed by atoms with van der Waals surface area (Å²) in [6.07, 6.45) is 6.33. The lowest BCUT2D eigenvalue weighted by Gasteiger charge is -2.41. The Hall–Kier alpha value is -2.69. The van der Waals surface area contributed by atoms with Gasteiger partial charge in [0.25, 0.3) is 0 Å². The van der Waals surface area contributed by atoms with Gasteiger partial charge in [-0.25, -0.2) is 0 Å². The minimum absolute atomic E-state index is 0.0681. The number of pyridine rings is 1. The van der Waals surface area contributed by atoms with Crippen LogP contribution in [-0.4, -0.2) is 52.3 Å². The van der Waals surface area contributed by atoms with E-state index in [1.807, 2.05) is 42.3 Å². The van der Waals surface area contributed by atoms with Crippen molar-refractivity contribution in [3.05, 3.63) is 54.4 Å². The van der Waals surface area contributed by atoms with Gasteiger partial charge in [-0.15, -0.1) is 0 Å². The van der Waals surface area contributed by atoms with Gasteiger partial charge < -0.3 is 9.80 Å². The Morgan fingerprint density at radius 3 is 2.64 bits per heavy atom. The number of amides is 2. The second-order valence-electron chi connectivity index (χ2n) is 7.28. The minimum Gasteiger partial charge on any atom is -0.339 e. The molecule has 5 heteroatoms. The third-order valence-corrected chi connectivity index (χ3v) is 5.26. The molecular formula is C23H29N3O2. The summed E-state index contributed by atoms with van der Waals surface area (Å²) in [5, 5.41) is 0. The summed E-state index contributed by atoms with van der Waals surface area (Å²) in [5.74, 6) is 0.148. The summed E-state index contributed by atoms with van der Waals surface area (Å²) in [5.41, 5.74) is 3.17. The first-order valence-electron chi connectivity index (χ1n) is 10.2. The van der Waals surface area contributed by atoms with E-state index in [4.69, 9.17) is 0 Å². The van der Waals surface area contributed by atoms with Crippen molar-refractivity contribution in [2.75, 3.05) is 19.6 Å². The zero-order valence-electron chi connectivity index (χ0n) is 16.8. The molecule has 0 N–H and O–H groups in total. The Balaban J connectivity index is 1.92.